The zero-order chi connectivity index (χ0) is 21.6. The molecule has 0 amide bonds. The maximum atomic E-state index is 13.2. The molecule has 2 N–H and O–H groups in total. The van der Waals surface area contributed by atoms with Crippen LogP contribution in [-0.4, -0.2) is 63.9 Å². The van der Waals surface area contributed by atoms with Crippen LogP contribution in [0.2, 0.25) is 0 Å². The SMILES string of the molecule is CN=C(NCc1ccc(C)cc1)NCc1ccccc1S(=O)(=O)N1CCN(C)CC1.I. The Hall–Kier alpha value is -1.69. The van der Waals surface area contributed by atoms with E-state index in [4.69, 9.17) is 0 Å². The Labute approximate surface area is 203 Å². The van der Waals surface area contributed by atoms with Crippen LogP contribution >= 0.6 is 24.0 Å². The van der Waals surface area contributed by atoms with Gasteiger partial charge in [-0.3, -0.25) is 4.99 Å². The second-order valence-corrected chi connectivity index (χ2v) is 9.49. The fraction of sp³-hybridized carbons (Fsp3) is 0.409. The highest BCUT2D eigenvalue weighted by Crippen LogP contribution is 2.21. The number of aryl methyl sites for hydroxylation is 1. The summed E-state index contributed by atoms with van der Waals surface area (Å²) in [5.74, 6) is 0.627. The molecule has 0 radical (unpaired) electrons. The largest absolute Gasteiger partial charge is 0.352 e. The van der Waals surface area contributed by atoms with Gasteiger partial charge in [-0.15, -0.1) is 24.0 Å². The molecule has 0 aliphatic carbocycles. The Bertz CT molecular complexity index is 972. The molecular weight excluding hydrogens is 525 g/mol. The van der Waals surface area contributed by atoms with Gasteiger partial charge in [-0.1, -0.05) is 48.0 Å². The fourth-order valence-corrected chi connectivity index (χ4v) is 5.00. The molecule has 0 aromatic heterocycles. The van der Waals surface area contributed by atoms with Gasteiger partial charge in [0.05, 0.1) is 4.90 Å². The number of benzene rings is 2. The van der Waals surface area contributed by atoms with E-state index in [9.17, 15) is 8.42 Å². The smallest absolute Gasteiger partial charge is 0.243 e. The third-order valence-electron chi connectivity index (χ3n) is 5.30. The van der Waals surface area contributed by atoms with E-state index in [1.54, 1.807) is 23.5 Å². The first kappa shape index (κ1) is 25.6. The number of piperazine rings is 1. The van der Waals surface area contributed by atoms with Crippen LogP contribution in [0.15, 0.2) is 58.4 Å². The van der Waals surface area contributed by atoms with Crippen LogP contribution in [0, 0.1) is 6.92 Å². The summed E-state index contributed by atoms with van der Waals surface area (Å²) in [5, 5.41) is 6.51. The van der Waals surface area contributed by atoms with Gasteiger partial charge in [0.15, 0.2) is 5.96 Å². The zero-order valence-electron chi connectivity index (χ0n) is 18.3. The average molecular weight is 558 g/mol. The van der Waals surface area contributed by atoms with Crippen LogP contribution in [0.3, 0.4) is 0 Å². The summed E-state index contributed by atoms with van der Waals surface area (Å²) in [6, 6.07) is 15.5. The summed E-state index contributed by atoms with van der Waals surface area (Å²) in [5.41, 5.74) is 3.11. The number of likely N-dealkylation sites (N-methyl/N-ethyl adjacent to an activating group) is 1. The van der Waals surface area contributed by atoms with Crippen molar-refractivity contribution >= 4 is 40.0 Å². The van der Waals surface area contributed by atoms with E-state index < -0.39 is 10.0 Å². The molecule has 2 aromatic carbocycles. The number of nitrogens with zero attached hydrogens (tertiary/aromatic N) is 3. The van der Waals surface area contributed by atoms with E-state index in [2.05, 4.69) is 51.7 Å². The number of hydrogen-bond acceptors (Lipinski definition) is 4. The predicted octanol–water partition coefficient (Wildman–Crippen LogP) is 2.41. The van der Waals surface area contributed by atoms with Crippen LogP contribution in [0.4, 0.5) is 0 Å². The minimum Gasteiger partial charge on any atom is -0.352 e. The highest BCUT2D eigenvalue weighted by atomic mass is 127. The summed E-state index contributed by atoms with van der Waals surface area (Å²) in [6.07, 6.45) is 0. The quantitative estimate of drug-likeness (QED) is 0.324. The van der Waals surface area contributed by atoms with E-state index in [1.807, 2.05) is 19.2 Å². The molecule has 170 valence electrons. The van der Waals surface area contributed by atoms with E-state index in [-0.39, 0.29) is 24.0 Å². The van der Waals surface area contributed by atoms with Crippen molar-refractivity contribution in [3.05, 3.63) is 65.2 Å². The molecule has 1 aliphatic heterocycles. The van der Waals surface area contributed by atoms with Gasteiger partial charge in [-0.25, -0.2) is 8.42 Å². The van der Waals surface area contributed by atoms with Crippen LogP contribution in [0.5, 0.6) is 0 Å². The maximum absolute atomic E-state index is 13.2. The van der Waals surface area contributed by atoms with Crippen molar-refractivity contribution in [2.45, 2.75) is 24.9 Å². The van der Waals surface area contributed by atoms with Gasteiger partial charge in [-0.05, 0) is 31.2 Å². The highest BCUT2D eigenvalue weighted by molar-refractivity contribution is 14.0. The van der Waals surface area contributed by atoms with Crippen LogP contribution in [0.1, 0.15) is 16.7 Å². The van der Waals surface area contributed by atoms with Crippen LogP contribution in [0.25, 0.3) is 0 Å². The Morgan fingerprint density at radius 1 is 0.968 bits per heavy atom. The number of guanidine groups is 1. The van der Waals surface area contributed by atoms with Gasteiger partial charge in [0.2, 0.25) is 10.0 Å². The summed E-state index contributed by atoms with van der Waals surface area (Å²) in [4.78, 5) is 6.75. The molecule has 0 saturated carbocycles. The molecule has 3 rings (SSSR count). The van der Waals surface area contributed by atoms with Gasteiger partial charge in [0.25, 0.3) is 0 Å². The van der Waals surface area contributed by atoms with E-state index >= 15 is 0 Å². The molecular formula is C22H32IN5O2S. The molecule has 1 saturated heterocycles. The molecule has 1 fully saturated rings. The third kappa shape index (κ3) is 6.90. The van der Waals surface area contributed by atoms with Gasteiger partial charge >= 0.3 is 0 Å². The molecule has 31 heavy (non-hydrogen) atoms. The molecule has 0 unspecified atom stereocenters. The van der Waals surface area contributed by atoms with Gasteiger partial charge in [-0.2, -0.15) is 4.31 Å². The van der Waals surface area contributed by atoms with Crippen LogP contribution < -0.4 is 10.6 Å². The van der Waals surface area contributed by atoms with Crippen molar-refractivity contribution in [3.8, 4) is 0 Å². The lowest BCUT2D eigenvalue weighted by Crippen LogP contribution is -2.47. The molecule has 9 heteroatoms. The second-order valence-electron chi connectivity index (χ2n) is 7.58. The van der Waals surface area contributed by atoms with Crippen molar-refractivity contribution in [2.75, 3.05) is 40.3 Å². The van der Waals surface area contributed by atoms with Crippen molar-refractivity contribution in [1.29, 1.82) is 0 Å². The highest BCUT2D eigenvalue weighted by Gasteiger charge is 2.29. The lowest BCUT2D eigenvalue weighted by atomic mass is 10.1. The Kier molecular flexibility index (Phi) is 9.73. The van der Waals surface area contributed by atoms with Crippen molar-refractivity contribution < 1.29 is 8.42 Å². The van der Waals surface area contributed by atoms with Crippen molar-refractivity contribution in [1.82, 2.24) is 19.8 Å². The number of aliphatic imine (C=N–C) groups is 1. The standard InChI is InChI=1S/C22H31N5O2S.HI/c1-18-8-10-19(11-9-18)16-24-22(23-2)25-17-20-6-4-5-7-21(20)30(28,29)27-14-12-26(3)13-15-27;/h4-11H,12-17H2,1-3H3,(H2,23,24,25);1H. The lowest BCUT2D eigenvalue weighted by Gasteiger charge is -2.32. The normalized spacial score (nSPS) is 15.9. The molecule has 1 aliphatic rings. The molecule has 0 atom stereocenters. The Morgan fingerprint density at radius 3 is 2.23 bits per heavy atom. The molecule has 1 heterocycles. The summed E-state index contributed by atoms with van der Waals surface area (Å²) in [7, 11) is 0.193. The van der Waals surface area contributed by atoms with E-state index in [0.29, 0.717) is 37.0 Å². The van der Waals surface area contributed by atoms with Gasteiger partial charge in [0, 0.05) is 46.3 Å². The third-order valence-corrected chi connectivity index (χ3v) is 7.30. The maximum Gasteiger partial charge on any atom is 0.243 e. The fourth-order valence-electron chi connectivity index (χ4n) is 3.36. The molecule has 2 aromatic rings. The Balaban J connectivity index is 0.00000341. The first-order valence-corrected chi connectivity index (χ1v) is 11.6. The van der Waals surface area contributed by atoms with E-state index in [0.717, 1.165) is 24.2 Å². The van der Waals surface area contributed by atoms with Gasteiger partial charge < -0.3 is 15.5 Å². The number of rotatable bonds is 6. The number of nitrogens with one attached hydrogen (secondary N) is 2. The number of halogens is 1. The number of sulfonamides is 1. The molecule has 0 bridgehead atoms. The average Bonchev–Trinajstić information content (AvgIpc) is 2.75. The topological polar surface area (TPSA) is 77.0 Å². The van der Waals surface area contributed by atoms with E-state index in [1.165, 1.54) is 5.56 Å². The predicted molar refractivity (Wildman–Crippen MR) is 136 cm³/mol. The Morgan fingerprint density at radius 2 is 1.58 bits per heavy atom. The first-order chi connectivity index (χ1) is 14.4. The molecule has 7 nitrogen and oxygen atoms in total. The monoisotopic (exact) mass is 557 g/mol. The van der Waals surface area contributed by atoms with Crippen molar-refractivity contribution in [2.24, 2.45) is 4.99 Å². The lowest BCUT2D eigenvalue weighted by molar-refractivity contribution is 0.222. The zero-order valence-corrected chi connectivity index (χ0v) is 21.5. The molecule has 0 spiro atoms. The summed E-state index contributed by atoms with van der Waals surface area (Å²) >= 11 is 0. The minimum atomic E-state index is -3.52. The minimum absolute atomic E-state index is 0. The first-order valence-electron chi connectivity index (χ1n) is 10.2. The van der Waals surface area contributed by atoms with Crippen LogP contribution in [-0.2, 0) is 23.1 Å². The summed E-state index contributed by atoms with van der Waals surface area (Å²) < 4.78 is 28.0. The number of hydrogen-bond donors (Lipinski definition) is 2. The second kappa shape index (κ2) is 11.8. The van der Waals surface area contributed by atoms with Crippen molar-refractivity contribution in [3.63, 3.8) is 0 Å². The van der Waals surface area contributed by atoms with Gasteiger partial charge in [0.1, 0.15) is 0 Å². The summed E-state index contributed by atoms with van der Waals surface area (Å²) in [6.45, 7) is 5.59.